The fourth-order valence-corrected chi connectivity index (χ4v) is 4.48. The van der Waals surface area contributed by atoms with Crippen molar-refractivity contribution in [3.05, 3.63) is 63.6 Å². The Balaban J connectivity index is 1.67. The number of ether oxygens (including phenoxy) is 2. The maximum atomic E-state index is 13.7. The molecule has 0 unspecified atom stereocenters. The molecule has 1 amide bonds. The van der Waals surface area contributed by atoms with Crippen molar-refractivity contribution >= 4 is 16.7 Å². The standard InChI is InChI=1S/C27H33N3O4/c1-4-7-10-14-30-26(31)22-12-9-8-11-21(22)25(28-30)27(32)29-15-13-19-16-23(33-5-2)24(34-6-3)17-20(19)18-29/h8-9,11-12,16-17H,4-7,10,13-15,18H2,1-3H3. The number of nitrogens with zero attached hydrogens (tertiary/aromatic N) is 3. The Labute approximate surface area is 200 Å². The lowest BCUT2D eigenvalue weighted by Gasteiger charge is -2.30. The van der Waals surface area contributed by atoms with Crippen LogP contribution in [-0.4, -0.2) is 40.3 Å². The minimum atomic E-state index is -0.155. The molecule has 0 saturated heterocycles. The summed E-state index contributed by atoms with van der Waals surface area (Å²) in [5.41, 5.74) is 2.41. The van der Waals surface area contributed by atoms with E-state index in [9.17, 15) is 9.59 Å². The van der Waals surface area contributed by atoms with E-state index in [2.05, 4.69) is 12.0 Å². The third kappa shape index (κ3) is 4.79. The highest BCUT2D eigenvalue weighted by Gasteiger charge is 2.27. The van der Waals surface area contributed by atoms with E-state index in [-0.39, 0.29) is 11.5 Å². The molecular formula is C27H33N3O4. The van der Waals surface area contributed by atoms with Gasteiger partial charge in [-0.25, -0.2) is 4.68 Å². The first kappa shape index (κ1) is 23.8. The molecule has 2 heterocycles. The Morgan fingerprint density at radius 2 is 1.65 bits per heavy atom. The average Bonchev–Trinajstić information content (AvgIpc) is 2.85. The molecule has 34 heavy (non-hydrogen) atoms. The molecule has 0 atom stereocenters. The minimum Gasteiger partial charge on any atom is -0.490 e. The van der Waals surface area contributed by atoms with Crippen LogP contribution in [0.5, 0.6) is 11.5 Å². The number of carbonyl (C=O) groups excluding carboxylic acids is 1. The molecule has 0 bridgehead atoms. The number of carbonyl (C=O) groups is 1. The summed E-state index contributed by atoms with van der Waals surface area (Å²) in [5.74, 6) is 1.29. The van der Waals surface area contributed by atoms with Crippen LogP contribution in [0.15, 0.2) is 41.2 Å². The van der Waals surface area contributed by atoms with E-state index in [1.807, 2.05) is 49.1 Å². The zero-order valence-electron chi connectivity index (χ0n) is 20.3. The normalized spacial score (nSPS) is 13.1. The Hall–Kier alpha value is -3.35. The van der Waals surface area contributed by atoms with E-state index < -0.39 is 0 Å². The summed E-state index contributed by atoms with van der Waals surface area (Å²) >= 11 is 0. The molecule has 0 saturated carbocycles. The number of rotatable bonds is 9. The van der Waals surface area contributed by atoms with Gasteiger partial charge in [0.2, 0.25) is 0 Å². The first-order valence-electron chi connectivity index (χ1n) is 12.3. The molecule has 0 radical (unpaired) electrons. The Morgan fingerprint density at radius 1 is 0.971 bits per heavy atom. The quantitative estimate of drug-likeness (QED) is 0.434. The number of aryl methyl sites for hydroxylation is 1. The van der Waals surface area contributed by atoms with Gasteiger partial charge in [-0.2, -0.15) is 5.10 Å². The van der Waals surface area contributed by atoms with Gasteiger partial charge in [-0.15, -0.1) is 0 Å². The summed E-state index contributed by atoms with van der Waals surface area (Å²) in [5, 5.41) is 5.70. The summed E-state index contributed by atoms with van der Waals surface area (Å²) in [6.45, 7) is 8.67. The van der Waals surface area contributed by atoms with Crippen molar-refractivity contribution in [3.63, 3.8) is 0 Å². The molecule has 1 aliphatic rings. The van der Waals surface area contributed by atoms with Gasteiger partial charge in [0.1, 0.15) is 0 Å². The third-order valence-electron chi connectivity index (χ3n) is 6.21. The zero-order valence-corrected chi connectivity index (χ0v) is 20.3. The predicted molar refractivity (Wildman–Crippen MR) is 133 cm³/mol. The van der Waals surface area contributed by atoms with E-state index in [4.69, 9.17) is 9.47 Å². The largest absolute Gasteiger partial charge is 0.490 e. The van der Waals surface area contributed by atoms with Crippen LogP contribution in [0.3, 0.4) is 0 Å². The molecule has 4 rings (SSSR count). The van der Waals surface area contributed by atoms with Crippen LogP contribution < -0.4 is 15.0 Å². The van der Waals surface area contributed by atoms with Crippen LogP contribution in [0, 0.1) is 0 Å². The van der Waals surface area contributed by atoms with Gasteiger partial charge in [-0.1, -0.05) is 38.0 Å². The summed E-state index contributed by atoms with van der Waals surface area (Å²) in [6.07, 6.45) is 3.64. The van der Waals surface area contributed by atoms with Crippen LogP contribution in [-0.2, 0) is 19.5 Å². The number of fused-ring (bicyclic) bond motifs is 2. The number of hydrogen-bond acceptors (Lipinski definition) is 5. The third-order valence-corrected chi connectivity index (χ3v) is 6.21. The number of aromatic nitrogens is 2. The topological polar surface area (TPSA) is 73.7 Å². The number of benzene rings is 2. The minimum absolute atomic E-state index is 0.142. The molecule has 0 fully saturated rings. The van der Waals surface area contributed by atoms with Gasteiger partial charge >= 0.3 is 0 Å². The van der Waals surface area contributed by atoms with Gasteiger partial charge in [-0.3, -0.25) is 9.59 Å². The molecule has 0 aliphatic carbocycles. The van der Waals surface area contributed by atoms with Crippen molar-refractivity contribution in [2.24, 2.45) is 0 Å². The van der Waals surface area contributed by atoms with Crippen molar-refractivity contribution in [1.29, 1.82) is 0 Å². The monoisotopic (exact) mass is 463 g/mol. The van der Waals surface area contributed by atoms with Crippen LogP contribution in [0.25, 0.3) is 10.8 Å². The summed E-state index contributed by atoms with van der Waals surface area (Å²) < 4.78 is 13.0. The number of hydrogen-bond donors (Lipinski definition) is 0. The van der Waals surface area contributed by atoms with E-state index in [0.717, 1.165) is 37.0 Å². The molecule has 1 aromatic heterocycles. The number of unbranched alkanes of at least 4 members (excludes halogenated alkanes) is 2. The molecule has 0 N–H and O–H groups in total. The average molecular weight is 464 g/mol. The Morgan fingerprint density at radius 3 is 2.32 bits per heavy atom. The molecule has 1 aliphatic heterocycles. The Kier molecular flexibility index (Phi) is 7.50. The fraction of sp³-hybridized carbons (Fsp3) is 0.444. The van der Waals surface area contributed by atoms with Crippen molar-refractivity contribution < 1.29 is 14.3 Å². The highest BCUT2D eigenvalue weighted by molar-refractivity contribution is 6.04. The van der Waals surface area contributed by atoms with Gasteiger partial charge in [0, 0.05) is 25.0 Å². The first-order valence-corrected chi connectivity index (χ1v) is 12.3. The highest BCUT2D eigenvalue weighted by Crippen LogP contribution is 2.34. The second kappa shape index (κ2) is 10.7. The molecule has 180 valence electrons. The SMILES string of the molecule is CCCCCn1nc(C(=O)N2CCc3cc(OCC)c(OCC)cc3C2)c2ccccc2c1=O. The van der Waals surface area contributed by atoms with Crippen molar-refractivity contribution in [2.45, 2.75) is 59.5 Å². The van der Waals surface area contributed by atoms with Crippen molar-refractivity contribution in [3.8, 4) is 11.5 Å². The summed E-state index contributed by atoms with van der Waals surface area (Å²) in [4.78, 5) is 28.5. The van der Waals surface area contributed by atoms with Crippen LogP contribution in [0.4, 0.5) is 0 Å². The van der Waals surface area contributed by atoms with Crippen molar-refractivity contribution in [1.82, 2.24) is 14.7 Å². The highest BCUT2D eigenvalue weighted by atomic mass is 16.5. The first-order chi connectivity index (χ1) is 16.6. The second-order valence-corrected chi connectivity index (χ2v) is 8.54. The lowest BCUT2D eigenvalue weighted by molar-refractivity contribution is 0.0727. The van der Waals surface area contributed by atoms with Crippen molar-refractivity contribution in [2.75, 3.05) is 19.8 Å². The van der Waals surface area contributed by atoms with E-state index >= 15 is 0 Å². The van der Waals surface area contributed by atoms with Gasteiger partial charge in [0.15, 0.2) is 17.2 Å². The van der Waals surface area contributed by atoms with Crippen LogP contribution in [0.2, 0.25) is 0 Å². The van der Waals surface area contributed by atoms with E-state index in [0.29, 0.717) is 55.1 Å². The molecular weight excluding hydrogens is 430 g/mol. The van der Waals surface area contributed by atoms with Crippen LogP contribution >= 0.6 is 0 Å². The predicted octanol–water partition coefficient (Wildman–Crippen LogP) is 4.58. The lowest BCUT2D eigenvalue weighted by Crippen LogP contribution is -2.38. The van der Waals surface area contributed by atoms with E-state index in [1.54, 1.807) is 6.07 Å². The number of amides is 1. The van der Waals surface area contributed by atoms with Gasteiger partial charge < -0.3 is 14.4 Å². The molecule has 0 spiro atoms. The maximum absolute atomic E-state index is 13.7. The second-order valence-electron chi connectivity index (χ2n) is 8.54. The lowest BCUT2D eigenvalue weighted by atomic mass is 9.98. The summed E-state index contributed by atoms with van der Waals surface area (Å²) in [7, 11) is 0. The Bertz CT molecular complexity index is 1230. The van der Waals surface area contributed by atoms with Gasteiger partial charge in [0.05, 0.1) is 18.6 Å². The zero-order chi connectivity index (χ0) is 24.1. The fourth-order valence-electron chi connectivity index (χ4n) is 4.48. The summed E-state index contributed by atoms with van der Waals surface area (Å²) in [6, 6.07) is 11.3. The molecule has 7 nitrogen and oxygen atoms in total. The van der Waals surface area contributed by atoms with E-state index in [1.165, 1.54) is 10.2 Å². The molecule has 2 aromatic carbocycles. The van der Waals surface area contributed by atoms with Gasteiger partial charge in [-0.05, 0) is 56.0 Å². The molecule has 3 aromatic rings. The van der Waals surface area contributed by atoms with Crippen LogP contribution in [0.1, 0.15) is 61.6 Å². The van der Waals surface area contributed by atoms with Gasteiger partial charge in [0.25, 0.3) is 11.5 Å². The maximum Gasteiger partial charge on any atom is 0.275 e. The smallest absolute Gasteiger partial charge is 0.275 e. The molecule has 7 heteroatoms.